The van der Waals surface area contributed by atoms with Crippen molar-refractivity contribution in [2.24, 2.45) is 0 Å². The van der Waals surface area contributed by atoms with Crippen LogP contribution in [0.3, 0.4) is 0 Å². The highest BCUT2D eigenvalue weighted by Gasteiger charge is 2.30. The molecule has 2 aromatic rings. The molecule has 0 radical (unpaired) electrons. The lowest BCUT2D eigenvalue weighted by Gasteiger charge is -2.22. The van der Waals surface area contributed by atoms with Crippen molar-refractivity contribution in [3.05, 3.63) is 70.7 Å². The molecular weight excluding hydrogens is 346 g/mol. The van der Waals surface area contributed by atoms with Crippen LogP contribution >= 0.6 is 11.6 Å². The van der Waals surface area contributed by atoms with Gasteiger partial charge >= 0.3 is 0 Å². The fourth-order valence-electron chi connectivity index (χ4n) is 2.36. The summed E-state index contributed by atoms with van der Waals surface area (Å²) in [5, 5.41) is -0.735. The van der Waals surface area contributed by atoms with E-state index in [1.165, 1.54) is 11.8 Å². The molecule has 0 spiro atoms. The second kappa shape index (κ2) is 7.81. The van der Waals surface area contributed by atoms with Gasteiger partial charge in [0.1, 0.15) is 5.25 Å². The third-order valence-corrected chi connectivity index (χ3v) is 6.20. The minimum Gasteiger partial charge on any atom is -0.340 e. The molecule has 0 aliphatic rings. The van der Waals surface area contributed by atoms with Crippen molar-refractivity contribution in [2.75, 3.05) is 7.05 Å². The Morgan fingerprint density at radius 3 is 2.29 bits per heavy atom. The van der Waals surface area contributed by atoms with E-state index in [0.717, 1.165) is 5.56 Å². The van der Waals surface area contributed by atoms with Gasteiger partial charge < -0.3 is 4.90 Å². The lowest BCUT2D eigenvalue weighted by atomic mass is 10.2. The molecule has 0 bridgehead atoms. The zero-order chi connectivity index (χ0) is 17.7. The average molecular weight is 366 g/mol. The van der Waals surface area contributed by atoms with E-state index < -0.39 is 21.0 Å². The van der Waals surface area contributed by atoms with E-state index >= 15 is 0 Å². The molecule has 128 valence electrons. The number of rotatable bonds is 6. The Kier molecular flexibility index (Phi) is 6.02. The number of hydrogen-bond acceptors (Lipinski definition) is 3. The van der Waals surface area contributed by atoms with Gasteiger partial charge in [-0.2, -0.15) is 0 Å². The average Bonchev–Trinajstić information content (AvgIpc) is 2.56. The van der Waals surface area contributed by atoms with Crippen molar-refractivity contribution in [3.63, 3.8) is 0 Å². The number of nitrogens with zero attached hydrogens (tertiary/aromatic N) is 1. The standard InChI is InChI=1S/C18H20ClNO3S/c1-14(18(21)20(2)12-15-8-4-3-5-9-15)24(22,23)13-16-10-6-7-11-17(16)19/h3-11,14H,12-13H2,1-2H3/t14-/m0/s1. The summed E-state index contributed by atoms with van der Waals surface area (Å²) in [5.74, 6) is -0.676. The highest BCUT2D eigenvalue weighted by atomic mass is 35.5. The van der Waals surface area contributed by atoms with Crippen LogP contribution in [0.4, 0.5) is 0 Å². The molecule has 0 saturated carbocycles. The third kappa shape index (κ3) is 4.58. The van der Waals surface area contributed by atoms with Gasteiger partial charge in [-0.1, -0.05) is 60.1 Å². The Morgan fingerprint density at radius 2 is 1.67 bits per heavy atom. The van der Waals surface area contributed by atoms with Crippen LogP contribution in [-0.2, 0) is 26.9 Å². The minimum absolute atomic E-state index is 0.251. The molecule has 2 aromatic carbocycles. The zero-order valence-corrected chi connectivity index (χ0v) is 15.2. The van der Waals surface area contributed by atoms with Crippen molar-refractivity contribution in [3.8, 4) is 0 Å². The highest BCUT2D eigenvalue weighted by molar-refractivity contribution is 7.92. The quantitative estimate of drug-likeness (QED) is 0.789. The number of benzene rings is 2. The maximum atomic E-state index is 12.5. The molecule has 0 aromatic heterocycles. The molecule has 1 amide bonds. The number of amides is 1. The number of sulfone groups is 1. The second-order valence-corrected chi connectivity index (χ2v) is 8.45. The molecule has 0 N–H and O–H groups in total. The van der Waals surface area contributed by atoms with Crippen LogP contribution in [0, 0.1) is 0 Å². The smallest absolute Gasteiger partial charge is 0.240 e. The van der Waals surface area contributed by atoms with Gasteiger partial charge in [-0.3, -0.25) is 4.79 Å². The largest absolute Gasteiger partial charge is 0.340 e. The van der Waals surface area contributed by atoms with Crippen LogP contribution in [0.5, 0.6) is 0 Å². The van der Waals surface area contributed by atoms with Gasteiger partial charge in [-0.05, 0) is 24.1 Å². The molecule has 0 saturated heterocycles. The molecular formula is C18H20ClNO3S. The lowest BCUT2D eigenvalue weighted by molar-refractivity contribution is -0.129. The number of carbonyl (C=O) groups is 1. The summed E-state index contributed by atoms with van der Waals surface area (Å²) in [6.07, 6.45) is 0. The van der Waals surface area contributed by atoms with Gasteiger partial charge in [-0.15, -0.1) is 0 Å². The maximum absolute atomic E-state index is 12.5. The Morgan fingerprint density at radius 1 is 1.08 bits per heavy atom. The molecule has 0 unspecified atom stereocenters. The minimum atomic E-state index is -3.65. The maximum Gasteiger partial charge on any atom is 0.240 e. The van der Waals surface area contributed by atoms with Crippen molar-refractivity contribution >= 4 is 27.3 Å². The summed E-state index contributed by atoms with van der Waals surface area (Å²) in [6.45, 7) is 1.79. The summed E-state index contributed by atoms with van der Waals surface area (Å²) in [7, 11) is -2.04. The number of carbonyl (C=O) groups excluding carboxylic acids is 1. The summed E-state index contributed by atoms with van der Waals surface area (Å²) >= 11 is 6.02. The lowest BCUT2D eigenvalue weighted by Crippen LogP contribution is -2.39. The van der Waals surface area contributed by atoms with Gasteiger partial charge in [0.2, 0.25) is 5.91 Å². The van der Waals surface area contributed by atoms with Gasteiger partial charge in [0.25, 0.3) is 0 Å². The van der Waals surface area contributed by atoms with E-state index in [4.69, 9.17) is 11.6 Å². The SMILES string of the molecule is C[C@@H](C(=O)N(C)Cc1ccccc1)S(=O)(=O)Cc1ccccc1Cl. The molecule has 0 aliphatic heterocycles. The first-order valence-corrected chi connectivity index (χ1v) is 9.64. The van der Waals surface area contributed by atoms with Crippen LogP contribution in [0.2, 0.25) is 5.02 Å². The first-order chi connectivity index (χ1) is 11.3. The van der Waals surface area contributed by atoms with Crippen LogP contribution < -0.4 is 0 Å². The molecule has 6 heteroatoms. The third-order valence-electron chi connectivity index (χ3n) is 3.84. The Balaban J connectivity index is 2.09. The number of hydrogen-bond donors (Lipinski definition) is 0. The second-order valence-electron chi connectivity index (χ2n) is 5.72. The van der Waals surface area contributed by atoms with E-state index in [2.05, 4.69) is 0 Å². The van der Waals surface area contributed by atoms with E-state index in [1.807, 2.05) is 30.3 Å². The van der Waals surface area contributed by atoms with Crippen LogP contribution in [0.1, 0.15) is 18.1 Å². The molecule has 24 heavy (non-hydrogen) atoms. The van der Waals surface area contributed by atoms with Gasteiger partial charge in [0.15, 0.2) is 9.84 Å². The topological polar surface area (TPSA) is 54.5 Å². The monoisotopic (exact) mass is 365 g/mol. The summed E-state index contributed by atoms with van der Waals surface area (Å²) in [4.78, 5) is 13.9. The van der Waals surface area contributed by atoms with E-state index in [0.29, 0.717) is 17.1 Å². The number of halogens is 1. The van der Waals surface area contributed by atoms with Crippen LogP contribution in [-0.4, -0.2) is 31.5 Å². The molecule has 0 heterocycles. The van der Waals surface area contributed by atoms with Crippen molar-refractivity contribution < 1.29 is 13.2 Å². The molecule has 2 rings (SSSR count). The Labute approximate surface area is 148 Å². The first kappa shape index (κ1) is 18.5. The summed E-state index contributed by atoms with van der Waals surface area (Å²) < 4.78 is 25.1. The molecule has 0 aliphatic carbocycles. The fraction of sp³-hybridized carbons (Fsp3) is 0.278. The van der Waals surface area contributed by atoms with E-state index in [1.54, 1.807) is 31.3 Å². The predicted octanol–water partition coefficient (Wildman–Crippen LogP) is 3.30. The molecule has 0 fully saturated rings. The van der Waals surface area contributed by atoms with Gasteiger partial charge in [0.05, 0.1) is 5.75 Å². The molecule has 4 nitrogen and oxygen atoms in total. The van der Waals surface area contributed by atoms with Crippen molar-refractivity contribution in [1.29, 1.82) is 0 Å². The fourth-order valence-corrected chi connectivity index (χ4v) is 4.06. The van der Waals surface area contributed by atoms with Crippen molar-refractivity contribution in [2.45, 2.75) is 24.5 Å². The summed E-state index contributed by atoms with van der Waals surface area (Å²) in [5.41, 5.74) is 1.45. The van der Waals surface area contributed by atoms with E-state index in [-0.39, 0.29) is 5.75 Å². The first-order valence-electron chi connectivity index (χ1n) is 7.55. The van der Waals surface area contributed by atoms with Crippen LogP contribution in [0.15, 0.2) is 54.6 Å². The van der Waals surface area contributed by atoms with Gasteiger partial charge in [0, 0.05) is 18.6 Å². The molecule has 1 atom stereocenters. The normalized spacial score (nSPS) is 12.6. The highest BCUT2D eigenvalue weighted by Crippen LogP contribution is 2.20. The van der Waals surface area contributed by atoms with Crippen molar-refractivity contribution in [1.82, 2.24) is 4.90 Å². The zero-order valence-electron chi connectivity index (χ0n) is 13.6. The van der Waals surface area contributed by atoms with Gasteiger partial charge in [-0.25, -0.2) is 8.42 Å². The van der Waals surface area contributed by atoms with E-state index in [9.17, 15) is 13.2 Å². The predicted molar refractivity (Wildman–Crippen MR) is 96.5 cm³/mol. The Hall–Kier alpha value is -1.85. The Bertz CT molecular complexity index is 806. The summed E-state index contributed by atoms with van der Waals surface area (Å²) in [6, 6.07) is 16.2. The van der Waals surface area contributed by atoms with Crippen LogP contribution in [0.25, 0.3) is 0 Å².